The van der Waals surface area contributed by atoms with Crippen molar-refractivity contribution in [3.63, 3.8) is 0 Å². The number of pyridine rings is 1. The molecule has 0 bridgehead atoms. The van der Waals surface area contributed by atoms with E-state index >= 15 is 0 Å². The number of carbonyl (C=O) groups excluding carboxylic acids is 1. The van der Waals surface area contributed by atoms with Crippen LogP contribution in [-0.2, 0) is 11.3 Å². The summed E-state index contributed by atoms with van der Waals surface area (Å²) in [6.07, 6.45) is 2.94. The molecule has 0 spiro atoms. The molecule has 0 unspecified atom stereocenters. The van der Waals surface area contributed by atoms with Gasteiger partial charge >= 0.3 is 6.09 Å². The van der Waals surface area contributed by atoms with Gasteiger partial charge in [-0.05, 0) is 31.5 Å². The lowest BCUT2D eigenvalue weighted by atomic mass is 10.3. The van der Waals surface area contributed by atoms with Gasteiger partial charge in [0.2, 0.25) is 0 Å². The molecule has 1 aromatic rings. The minimum Gasteiger partial charge on any atom is -0.445 e. The number of hydrogen-bond acceptors (Lipinski definition) is 3. The summed E-state index contributed by atoms with van der Waals surface area (Å²) in [6, 6.07) is 3.71. The van der Waals surface area contributed by atoms with E-state index in [1.54, 1.807) is 12.4 Å². The molecule has 0 fully saturated rings. The summed E-state index contributed by atoms with van der Waals surface area (Å²) >= 11 is 0. The summed E-state index contributed by atoms with van der Waals surface area (Å²) in [5.41, 5.74) is 0.930. The van der Waals surface area contributed by atoms with Gasteiger partial charge in [0.05, 0.1) is 0 Å². The molecule has 0 saturated heterocycles. The van der Waals surface area contributed by atoms with E-state index in [1.807, 2.05) is 26.0 Å². The highest BCUT2D eigenvalue weighted by Crippen LogP contribution is 1.98. The highest BCUT2D eigenvalue weighted by molar-refractivity contribution is 5.67. The number of amides is 1. The average molecular weight is 194 g/mol. The van der Waals surface area contributed by atoms with Crippen LogP contribution in [0.15, 0.2) is 24.5 Å². The van der Waals surface area contributed by atoms with E-state index in [4.69, 9.17) is 4.74 Å². The molecule has 0 saturated carbocycles. The van der Waals surface area contributed by atoms with Crippen LogP contribution in [0.5, 0.6) is 0 Å². The minimum absolute atomic E-state index is 0.0972. The van der Waals surface area contributed by atoms with Crippen LogP contribution < -0.4 is 5.32 Å². The Bertz CT molecular complexity index is 285. The quantitative estimate of drug-likeness (QED) is 0.797. The van der Waals surface area contributed by atoms with Gasteiger partial charge in [0, 0.05) is 18.4 Å². The Balaban J connectivity index is 2.31. The lowest BCUT2D eigenvalue weighted by Crippen LogP contribution is -2.30. The fourth-order valence-corrected chi connectivity index (χ4v) is 0.905. The lowest BCUT2D eigenvalue weighted by molar-refractivity contribution is 0.137. The monoisotopic (exact) mass is 194 g/mol. The van der Waals surface area contributed by atoms with Crippen LogP contribution in [0.3, 0.4) is 0 Å². The van der Waals surface area contributed by atoms with Gasteiger partial charge in [0.1, 0.15) is 6.61 Å². The van der Waals surface area contributed by atoms with Crippen molar-refractivity contribution in [1.29, 1.82) is 0 Å². The second-order valence-electron chi connectivity index (χ2n) is 3.23. The molecule has 1 aromatic heterocycles. The number of rotatable bonds is 3. The first-order chi connectivity index (χ1) is 6.68. The van der Waals surface area contributed by atoms with Crippen molar-refractivity contribution in [3.05, 3.63) is 30.1 Å². The highest BCUT2D eigenvalue weighted by Gasteiger charge is 2.03. The third kappa shape index (κ3) is 3.89. The minimum atomic E-state index is -0.392. The van der Waals surface area contributed by atoms with E-state index in [0.717, 1.165) is 5.56 Å². The van der Waals surface area contributed by atoms with Gasteiger partial charge in [0.15, 0.2) is 0 Å². The molecule has 4 nitrogen and oxygen atoms in total. The molecule has 4 heteroatoms. The maximum absolute atomic E-state index is 11.1. The molecule has 0 aliphatic heterocycles. The Morgan fingerprint density at radius 3 is 2.71 bits per heavy atom. The number of nitrogens with zero attached hydrogens (tertiary/aromatic N) is 1. The molecule has 0 aliphatic carbocycles. The molecule has 1 rings (SSSR count). The Morgan fingerprint density at radius 2 is 2.14 bits per heavy atom. The first kappa shape index (κ1) is 10.5. The van der Waals surface area contributed by atoms with E-state index < -0.39 is 6.09 Å². The second-order valence-corrected chi connectivity index (χ2v) is 3.23. The SMILES string of the molecule is CC(C)NC(=O)OCc1ccncc1. The maximum atomic E-state index is 11.1. The highest BCUT2D eigenvalue weighted by atomic mass is 16.5. The van der Waals surface area contributed by atoms with Gasteiger partial charge in [-0.15, -0.1) is 0 Å². The van der Waals surface area contributed by atoms with Gasteiger partial charge < -0.3 is 10.1 Å². The molecule has 0 aliphatic rings. The zero-order valence-corrected chi connectivity index (χ0v) is 8.36. The molecule has 0 radical (unpaired) electrons. The van der Waals surface area contributed by atoms with Crippen molar-refractivity contribution < 1.29 is 9.53 Å². The normalized spacial score (nSPS) is 9.93. The predicted octanol–water partition coefficient (Wildman–Crippen LogP) is 1.72. The molecular weight excluding hydrogens is 180 g/mol. The van der Waals surface area contributed by atoms with Crippen LogP contribution >= 0.6 is 0 Å². The fraction of sp³-hybridized carbons (Fsp3) is 0.400. The van der Waals surface area contributed by atoms with Crippen molar-refractivity contribution in [2.45, 2.75) is 26.5 Å². The van der Waals surface area contributed by atoms with Gasteiger partial charge in [-0.2, -0.15) is 0 Å². The Morgan fingerprint density at radius 1 is 1.50 bits per heavy atom. The molecule has 1 amide bonds. The van der Waals surface area contributed by atoms with Crippen LogP contribution in [0, 0.1) is 0 Å². The summed E-state index contributed by atoms with van der Waals surface area (Å²) in [5.74, 6) is 0. The van der Waals surface area contributed by atoms with Gasteiger partial charge in [0.25, 0.3) is 0 Å². The standard InChI is InChI=1S/C10H14N2O2/c1-8(2)12-10(13)14-7-9-3-5-11-6-4-9/h3-6,8H,7H2,1-2H3,(H,12,13). The summed E-state index contributed by atoms with van der Waals surface area (Å²) in [4.78, 5) is 14.9. The first-order valence-electron chi connectivity index (χ1n) is 4.50. The summed E-state index contributed by atoms with van der Waals surface area (Å²) in [6.45, 7) is 4.04. The van der Waals surface area contributed by atoms with E-state index in [9.17, 15) is 4.79 Å². The van der Waals surface area contributed by atoms with E-state index in [-0.39, 0.29) is 12.6 Å². The number of nitrogens with one attached hydrogen (secondary N) is 1. The van der Waals surface area contributed by atoms with Crippen molar-refractivity contribution in [3.8, 4) is 0 Å². The predicted molar refractivity (Wildman–Crippen MR) is 52.7 cm³/mol. The Labute approximate surface area is 83.3 Å². The number of ether oxygens (including phenoxy) is 1. The average Bonchev–Trinajstić information content (AvgIpc) is 2.15. The summed E-state index contributed by atoms with van der Waals surface area (Å²) in [7, 11) is 0. The number of aromatic nitrogens is 1. The third-order valence-corrected chi connectivity index (χ3v) is 1.53. The zero-order valence-electron chi connectivity index (χ0n) is 8.36. The van der Waals surface area contributed by atoms with Crippen molar-refractivity contribution in [1.82, 2.24) is 10.3 Å². The van der Waals surface area contributed by atoms with Crippen molar-refractivity contribution in [2.24, 2.45) is 0 Å². The van der Waals surface area contributed by atoms with Gasteiger partial charge in [-0.25, -0.2) is 4.79 Å². The van der Waals surface area contributed by atoms with Crippen LogP contribution in [0.1, 0.15) is 19.4 Å². The van der Waals surface area contributed by atoms with Crippen molar-refractivity contribution in [2.75, 3.05) is 0 Å². The molecule has 76 valence electrons. The Hall–Kier alpha value is -1.58. The molecule has 0 atom stereocenters. The molecule has 1 heterocycles. The number of hydrogen-bond donors (Lipinski definition) is 1. The van der Waals surface area contributed by atoms with E-state index in [0.29, 0.717) is 0 Å². The topological polar surface area (TPSA) is 51.2 Å². The summed E-state index contributed by atoms with van der Waals surface area (Å²) < 4.78 is 4.96. The van der Waals surface area contributed by atoms with Gasteiger partial charge in [-0.1, -0.05) is 0 Å². The smallest absolute Gasteiger partial charge is 0.407 e. The number of carbonyl (C=O) groups is 1. The fourth-order valence-electron chi connectivity index (χ4n) is 0.905. The van der Waals surface area contributed by atoms with Crippen LogP contribution in [-0.4, -0.2) is 17.1 Å². The second kappa shape index (κ2) is 5.21. The van der Waals surface area contributed by atoms with E-state index in [1.165, 1.54) is 0 Å². The largest absolute Gasteiger partial charge is 0.445 e. The lowest BCUT2D eigenvalue weighted by Gasteiger charge is -2.08. The molecule has 1 N–H and O–H groups in total. The summed E-state index contributed by atoms with van der Waals surface area (Å²) in [5, 5.41) is 2.64. The van der Waals surface area contributed by atoms with E-state index in [2.05, 4.69) is 10.3 Å². The number of alkyl carbamates (subject to hydrolysis) is 1. The molecule has 0 aromatic carbocycles. The van der Waals surface area contributed by atoms with Crippen molar-refractivity contribution >= 4 is 6.09 Å². The van der Waals surface area contributed by atoms with Crippen LogP contribution in [0.4, 0.5) is 4.79 Å². The zero-order chi connectivity index (χ0) is 10.4. The van der Waals surface area contributed by atoms with Gasteiger partial charge in [-0.3, -0.25) is 4.98 Å². The first-order valence-corrected chi connectivity index (χ1v) is 4.50. The maximum Gasteiger partial charge on any atom is 0.407 e. The Kier molecular flexibility index (Phi) is 3.91. The van der Waals surface area contributed by atoms with Crippen LogP contribution in [0.25, 0.3) is 0 Å². The van der Waals surface area contributed by atoms with Crippen LogP contribution in [0.2, 0.25) is 0 Å². The third-order valence-electron chi connectivity index (χ3n) is 1.53. The molecular formula is C10H14N2O2. The molecule has 14 heavy (non-hydrogen) atoms.